The molecule has 9 nitrogen and oxygen atoms in total. The first-order valence-corrected chi connectivity index (χ1v) is 8.93. The summed E-state index contributed by atoms with van der Waals surface area (Å²) in [5, 5.41) is 19.7. The Hall–Kier alpha value is -4.21. The molecule has 31 heavy (non-hydrogen) atoms. The van der Waals surface area contributed by atoms with E-state index in [1.54, 1.807) is 0 Å². The standard InChI is InChI=1S/C21H16FNO8/c22-12-3-1-11(2-4-12)7-17-20(27)14-6-5-13(8-16(14)31-17)30-10-18(24)23-15(21(28)29)9-19(25)26/h1-8,15H,9-10H2,(H,23,24)(H,25,26)(H,28,29). The smallest absolute Gasteiger partial charge is 0.326 e. The molecule has 1 heterocycles. The molecule has 0 saturated heterocycles. The number of hydrogen-bond donors (Lipinski definition) is 3. The van der Waals surface area contributed by atoms with Crippen LogP contribution < -0.4 is 14.8 Å². The average Bonchev–Trinajstić information content (AvgIpc) is 3.02. The minimum absolute atomic E-state index is 0.0365. The molecule has 3 rings (SSSR count). The van der Waals surface area contributed by atoms with E-state index < -0.39 is 42.7 Å². The molecule has 1 unspecified atom stereocenters. The van der Waals surface area contributed by atoms with Crippen molar-refractivity contribution >= 4 is 29.7 Å². The van der Waals surface area contributed by atoms with Crippen LogP contribution in [0.3, 0.4) is 0 Å². The molecule has 0 aliphatic carbocycles. The molecular weight excluding hydrogens is 413 g/mol. The van der Waals surface area contributed by atoms with E-state index in [0.29, 0.717) is 5.56 Å². The maximum atomic E-state index is 13.0. The highest BCUT2D eigenvalue weighted by Crippen LogP contribution is 2.34. The van der Waals surface area contributed by atoms with E-state index in [0.717, 1.165) is 0 Å². The number of halogens is 1. The van der Waals surface area contributed by atoms with Crippen molar-refractivity contribution in [3.63, 3.8) is 0 Å². The molecule has 0 aromatic heterocycles. The summed E-state index contributed by atoms with van der Waals surface area (Å²) >= 11 is 0. The molecule has 0 spiro atoms. The Morgan fingerprint density at radius 1 is 1.13 bits per heavy atom. The molecule has 0 saturated carbocycles. The Kier molecular flexibility index (Phi) is 6.29. The number of nitrogens with one attached hydrogen (secondary N) is 1. The maximum absolute atomic E-state index is 13.0. The third-order valence-electron chi connectivity index (χ3n) is 4.19. The van der Waals surface area contributed by atoms with Gasteiger partial charge in [0.15, 0.2) is 12.4 Å². The van der Waals surface area contributed by atoms with Gasteiger partial charge in [-0.05, 0) is 35.9 Å². The number of carbonyl (C=O) groups is 4. The van der Waals surface area contributed by atoms with Crippen LogP contribution in [0.4, 0.5) is 4.39 Å². The van der Waals surface area contributed by atoms with Crippen molar-refractivity contribution in [3.05, 3.63) is 65.2 Å². The highest BCUT2D eigenvalue weighted by atomic mass is 19.1. The van der Waals surface area contributed by atoms with Gasteiger partial charge in [0.1, 0.15) is 23.4 Å². The summed E-state index contributed by atoms with van der Waals surface area (Å²) in [6.45, 7) is -0.575. The molecule has 1 atom stereocenters. The first-order chi connectivity index (χ1) is 14.7. The van der Waals surface area contributed by atoms with Gasteiger partial charge in [0, 0.05) is 6.07 Å². The maximum Gasteiger partial charge on any atom is 0.326 e. The van der Waals surface area contributed by atoms with E-state index in [2.05, 4.69) is 5.32 Å². The van der Waals surface area contributed by atoms with Crippen LogP contribution in [0.25, 0.3) is 6.08 Å². The fraction of sp³-hybridized carbons (Fsp3) is 0.143. The van der Waals surface area contributed by atoms with Gasteiger partial charge in [-0.25, -0.2) is 9.18 Å². The zero-order valence-corrected chi connectivity index (χ0v) is 15.8. The first-order valence-electron chi connectivity index (χ1n) is 8.93. The van der Waals surface area contributed by atoms with Gasteiger partial charge in [-0.3, -0.25) is 14.4 Å². The predicted molar refractivity (Wildman–Crippen MR) is 103 cm³/mol. The summed E-state index contributed by atoms with van der Waals surface area (Å²) in [6.07, 6.45) is 0.684. The molecule has 160 valence electrons. The van der Waals surface area contributed by atoms with Crippen molar-refractivity contribution < 1.29 is 43.3 Å². The Labute approximate surface area is 174 Å². The Balaban J connectivity index is 1.64. The lowest BCUT2D eigenvalue weighted by Crippen LogP contribution is -2.44. The monoisotopic (exact) mass is 429 g/mol. The number of ketones is 1. The normalized spacial score (nSPS) is 14.5. The molecule has 10 heteroatoms. The molecule has 2 aromatic rings. The number of fused-ring (bicyclic) bond motifs is 1. The first kappa shape index (κ1) is 21.5. The second-order valence-corrected chi connectivity index (χ2v) is 6.49. The molecule has 2 aromatic carbocycles. The largest absolute Gasteiger partial charge is 0.484 e. The fourth-order valence-corrected chi connectivity index (χ4v) is 2.73. The van der Waals surface area contributed by atoms with Gasteiger partial charge in [0.25, 0.3) is 5.91 Å². The molecule has 0 radical (unpaired) electrons. The number of hydrogen-bond acceptors (Lipinski definition) is 6. The highest BCUT2D eigenvalue weighted by Gasteiger charge is 2.28. The van der Waals surface area contributed by atoms with Gasteiger partial charge in [0.2, 0.25) is 5.78 Å². The summed E-state index contributed by atoms with van der Waals surface area (Å²) in [6, 6.07) is 8.16. The van der Waals surface area contributed by atoms with Crippen molar-refractivity contribution in [2.75, 3.05) is 6.61 Å². The number of aliphatic carboxylic acids is 2. The number of allylic oxidation sites excluding steroid dienone is 1. The van der Waals surface area contributed by atoms with E-state index in [1.807, 2.05) is 0 Å². The molecule has 1 aliphatic rings. The number of Topliss-reactive ketones (excluding diaryl/α,β-unsaturated/α-hetero) is 1. The predicted octanol–water partition coefficient (Wildman–Crippen LogP) is 1.86. The second kappa shape index (κ2) is 9.08. The van der Waals surface area contributed by atoms with E-state index >= 15 is 0 Å². The van der Waals surface area contributed by atoms with E-state index in [4.69, 9.17) is 19.7 Å². The summed E-state index contributed by atoms with van der Waals surface area (Å²) in [5.74, 6) is -4.06. The molecule has 1 aliphatic heterocycles. The summed E-state index contributed by atoms with van der Waals surface area (Å²) in [5.41, 5.74) is 0.845. The topological polar surface area (TPSA) is 139 Å². The van der Waals surface area contributed by atoms with E-state index in [-0.39, 0.29) is 28.6 Å². The quantitative estimate of drug-likeness (QED) is 0.541. The van der Waals surface area contributed by atoms with Gasteiger partial charge >= 0.3 is 11.9 Å². The third kappa shape index (κ3) is 5.44. The second-order valence-electron chi connectivity index (χ2n) is 6.49. The molecule has 0 bridgehead atoms. The van der Waals surface area contributed by atoms with Gasteiger partial charge in [-0.2, -0.15) is 0 Å². The fourth-order valence-electron chi connectivity index (χ4n) is 2.73. The Morgan fingerprint density at radius 3 is 2.48 bits per heavy atom. The third-order valence-corrected chi connectivity index (χ3v) is 4.19. The van der Waals surface area contributed by atoms with Crippen LogP contribution in [0, 0.1) is 5.82 Å². The minimum atomic E-state index is -1.59. The Bertz CT molecular complexity index is 1080. The molecular formula is C21H16FNO8. The van der Waals surface area contributed by atoms with Crippen LogP contribution >= 0.6 is 0 Å². The van der Waals surface area contributed by atoms with Crippen LogP contribution in [-0.4, -0.2) is 46.5 Å². The lowest BCUT2D eigenvalue weighted by Gasteiger charge is -2.13. The number of benzene rings is 2. The van der Waals surface area contributed by atoms with Crippen molar-refractivity contribution in [1.29, 1.82) is 0 Å². The van der Waals surface area contributed by atoms with Crippen LogP contribution in [0.15, 0.2) is 48.2 Å². The van der Waals surface area contributed by atoms with Crippen LogP contribution in [0.2, 0.25) is 0 Å². The number of carboxylic acids is 2. The number of ether oxygens (including phenoxy) is 2. The number of rotatable bonds is 8. The van der Waals surface area contributed by atoms with E-state index in [1.165, 1.54) is 48.5 Å². The lowest BCUT2D eigenvalue weighted by atomic mass is 10.1. The van der Waals surface area contributed by atoms with Crippen LogP contribution in [-0.2, 0) is 14.4 Å². The van der Waals surface area contributed by atoms with Crippen molar-refractivity contribution in [3.8, 4) is 11.5 Å². The van der Waals surface area contributed by atoms with Crippen molar-refractivity contribution in [1.82, 2.24) is 5.32 Å². The van der Waals surface area contributed by atoms with Gasteiger partial charge in [-0.15, -0.1) is 0 Å². The van der Waals surface area contributed by atoms with Gasteiger partial charge in [-0.1, -0.05) is 12.1 Å². The molecule has 3 N–H and O–H groups in total. The van der Waals surface area contributed by atoms with Crippen molar-refractivity contribution in [2.24, 2.45) is 0 Å². The highest BCUT2D eigenvalue weighted by molar-refractivity contribution is 6.14. The van der Waals surface area contributed by atoms with Crippen LogP contribution in [0.5, 0.6) is 11.5 Å². The number of amides is 1. The van der Waals surface area contributed by atoms with E-state index in [9.17, 15) is 23.6 Å². The zero-order valence-electron chi connectivity index (χ0n) is 15.8. The van der Waals surface area contributed by atoms with Crippen molar-refractivity contribution in [2.45, 2.75) is 12.5 Å². The Morgan fingerprint density at radius 2 is 1.84 bits per heavy atom. The summed E-state index contributed by atoms with van der Waals surface area (Å²) < 4.78 is 23.8. The number of carbonyl (C=O) groups excluding carboxylic acids is 2. The summed E-state index contributed by atoms with van der Waals surface area (Å²) in [7, 11) is 0. The SMILES string of the molecule is O=C(O)CC(NC(=O)COc1ccc2c(c1)OC(=Cc1ccc(F)cc1)C2=O)C(=O)O. The van der Waals surface area contributed by atoms with Crippen LogP contribution in [0.1, 0.15) is 22.3 Å². The number of carboxylic acid groups (broad SMARTS) is 2. The molecule has 1 amide bonds. The average molecular weight is 429 g/mol. The zero-order chi connectivity index (χ0) is 22.5. The molecule has 0 fully saturated rings. The summed E-state index contributed by atoms with van der Waals surface area (Å²) in [4.78, 5) is 46.0. The minimum Gasteiger partial charge on any atom is -0.484 e. The van der Waals surface area contributed by atoms with Gasteiger partial charge < -0.3 is 25.0 Å². The lowest BCUT2D eigenvalue weighted by molar-refractivity contribution is -0.147. The van der Waals surface area contributed by atoms with Gasteiger partial charge in [0.05, 0.1) is 12.0 Å².